The number of hydrogen-bond donors (Lipinski definition) is 2. The number of hydrogen-bond acceptors (Lipinski definition) is 5. The molecule has 0 spiro atoms. The Morgan fingerprint density at radius 2 is 2.10 bits per heavy atom. The van der Waals surface area contributed by atoms with E-state index in [-0.39, 0.29) is 17.2 Å². The SMILES string of the molecule is CNC(=O)OC(=N)C(C)c1cc(F)c(CN2SC(C3=CCCC=C3)CC[C@@H]2C)cc1F. The fourth-order valence-electron chi connectivity index (χ4n) is 3.75. The highest BCUT2D eigenvalue weighted by atomic mass is 32.2. The highest BCUT2D eigenvalue weighted by Gasteiger charge is 2.29. The van der Waals surface area contributed by atoms with Crippen molar-refractivity contribution in [3.05, 3.63) is 58.7 Å². The average Bonchev–Trinajstić information content (AvgIpc) is 2.77. The monoisotopic (exact) mass is 449 g/mol. The molecule has 1 amide bonds. The van der Waals surface area contributed by atoms with E-state index in [1.165, 1.54) is 25.6 Å². The fraction of sp³-hybridized carbons (Fsp3) is 0.478. The third kappa shape index (κ3) is 5.74. The van der Waals surface area contributed by atoms with Gasteiger partial charge in [0.05, 0.1) is 5.92 Å². The molecule has 1 heterocycles. The second kappa shape index (κ2) is 10.4. The van der Waals surface area contributed by atoms with Crippen LogP contribution in [0, 0.1) is 17.0 Å². The number of benzene rings is 1. The van der Waals surface area contributed by atoms with Gasteiger partial charge in [0.1, 0.15) is 11.6 Å². The van der Waals surface area contributed by atoms with Crippen molar-refractivity contribution in [2.75, 3.05) is 7.05 Å². The molecule has 3 atom stereocenters. The molecule has 1 aromatic rings. The summed E-state index contributed by atoms with van der Waals surface area (Å²) in [5, 5.41) is 10.4. The molecule has 2 N–H and O–H groups in total. The first-order valence-corrected chi connectivity index (χ1v) is 11.4. The fourth-order valence-corrected chi connectivity index (χ4v) is 5.15. The van der Waals surface area contributed by atoms with Crippen molar-refractivity contribution in [1.29, 1.82) is 5.41 Å². The second-order valence-electron chi connectivity index (χ2n) is 7.97. The zero-order valence-electron chi connectivity index (χ0n) is 18.1. The Labute approximate surface area is 186 Å². The Morgan fingerprint density at radius 3 is 2.77 bits per heavy atom. The molecule has 3 rings (SSSR count). The van der Waals surface area contributed by atoms with Crippen LogP contribution >= 0.6 is 11.9 Å². The molecule has 5 nitrogen and oxygen atoms in total. The number of amides is 1. The van der Waals surface area contributed by atoms with Gasteiger partial charge in [-0.15, -0.1) is 0 Å². The van der Waals surface area contributed by atoms with E-state index in [1.807, 2.05) is 0 Å². The van der Waals surface area contributed by atoms with Crippen LogP contribution in [0.25, 0.3) is 0 Å². The van der Waals surface area contributed by atoms with Gasteiger partial charge in [0.25, 0.3) is 0 Å². The summed E-state index contributed by atoms with van der Waals surface area (Å²) < 4.78 is 36.6. The summed E-state index contributed by atoms with van der Waals surface area (Å²) >= 11 is 1.71. The molecule has 2 unspecified atom stereocenters. The van der Waals surface area contributed by atoms with Gasteiger partial charge >= 0.3 is 6.09 Å². The average molecular weight is 450 g/mol. The minimum Gasteiger partial charge on any atom is -0.395 e. The summed E-state index contributed by atoms with van der Waals surface area (Å²) in [7, 11) is 1.36. The van der Waals surface area contributed by atoms with Crippen molar-refractivity contribution in [3.8, 4) is 0 Å². The van der Waals surface area contributed by atoms with Crippen LogP contribution in [0.5, 0.6) is 0 Å². The zero-order valence-corrected chi connectivity index (χ0v) is 18.9. The molecule has 1 saturated heterocycles. The van der Waals surface area contributed by atoms with Crippen LogP contribution in [-0.4, -0.2) is 34.6 Å². The predicted octanol–water partition coefficient (Wildman–Crippen LogP) is 5.68. The van der Waals surface area contributed by atoms with E-state index in [1.54, 1.807) is 11.9 Å². The normalized spacial score (nSPS) is 22.5. The summed E-state index contributed by atoms with van der Waals surface area (Å²) in [5.41, 5.74) is 1.59. The lowest BCUT2D eigenvalue weighted by atomic mass is 9.97. The molecule has 0 radical (unpaired) electrons. The number of nitrogens with zero attached hydrogens (tertiary/aromatic N) is 1. The van der Waals surface area contributed by atoms with Crippen LogP contribution in [0.3, 0.4) is 0 Å². The molecule has 1 fully saturated rings. The lowest BCUT2D eigenvalue weighted by molar-refractivity contribution is 0.197. The van der Waals surface area contributed by atoms with Gasteiger partial charge in [-0.25, -0.2) is 17.9 Å². The smallest absolute Gasteiger partial charge is 0.395 e. The van der Waals surface area contributed by atoms with Gasteiger partial charge in [-0.1, -0.05) is 30.2 Å². The summed E-state index contributed by atoms with van der Waals surface area (Å²) in [6, 6.07) is 2.57. The number of allylic oxidation sites excluding steroid dienone is 3. The Bertz CT molecular complexity index is 903. The van der Waals surface area contributed by atoms with Gasteiger partial charge in [0.2, 0.25) is 0 Å². The maximum absolute atomic E-state index is 14.9. The standard InChI is InChI=1S/C23H29F2N3O2S/c1-14-9-10-21(16-7-5-4-6-8-16)31-28(14)13-17-11-20(25)18(12-19(17)24)15(2)22(26)30-23(29)27-3/h5,7-8,11-12,14-15,21,26H,4,6,9-10,13H2,1-3H3,(H,27,29)/t14-,15?,21?/m0/s1. The Kier molecular flexibility index (Phi) is 7.89. The topological polar surface area (TPSA) is 65.4 Å². The van der Waals surface area contributed by atoms with Crippen molar-refractivity contribution in [3.63, 3.8) is 0 Å². The molecule has 1 aromatic carbocycles. The maximum atomic E-state index is 14.9. The Balaban J connectivity index is 1.73. The van der Waals surface area contributed by atoms with Crippen molar-refractivity contribution in [2.24, 2.45) is 0 Å². The highest BCUT2D eigenvalue weighted by Crippen LogP contribution is 2.38. The maximum Gasteiger partial charge on any atom is 0.413 e. The quantitative estimate of drug-likeness (QED) is 0.345. The first-order valence-electron chi connectivity index (χ1n) is 10.6. The predicted molar refractivity (Wildman–Crippen MR) is 120 cm³/mol. The summed E-state index contributed by atoms with van der Waals surface area (Å²) in [6.07, 6.45) is 10.0. The van der Waals surface area contributed by atoms with Crippen molar-refractivity contribution >= 4 is 23.9 Å². The zero-order chi connectivity index (χ0) is 22.5. The van der Waals surface area contributed by atoms with E-state index < -0.39 is 29.5 Å². The third-order valence-electron chi connectivity index (χ3n) is 5.75. The van der Waals surface area contributed by atoms with Crippen LogP contribution in [0.15, 0.2) is 35.9 Å². The largest absolute Gasteiger partial charge is 0.413 e. The number of alkyl carbamates (subject to hydrolysis) is 1. The molecule has 8 heteroatoms. The number of carbonyl (C=O) groups is 1. The molecule has 0 saturated carbocycles. The lowest BCUT2D eigenvalue weighted by Gasteiger charge is -2.37. The first kappa shape index (κ1) is 23.5. The number of rotatable bonds is 5. The lowest BCUT2D eigenvalue weighted by Crippen LogP contribution is -2.35. The minimum atomic E-state index is -0.890. The van der Waals surface area contributed by atoms with Crippen LogP contribution < -0.4 is 5.32 Å². The molecule has 168 valence electrons. The van der Waals surface area contributed by atoms with Crippen molar-refractivity contribution < 1.29 is 18.3 Å². The molecule has 1 aliphatic heterocycles. The molecule has 0 bridgehead atoms. The number of nitrogens with one attached hydrogen (secondary N) is 2. The van der Waals surface area contributed by atoms with Crippen molar-refractivity contribution in [1.82, 2.24) is 9.62 Å². The van der Waals surface area contributed by atoms with E-state index in [2.05, 4.69) is 34.8 Å². The number of carbonyl (C=O) groups excluding carboxylic acids is 1. The van der Waals surface area contributed by atoms with Gasteiger partial charge in [-0.05, 0) is 57.2 Å². The Hall–Kier alpha value is -2.19. The third-order valence-corrected chi connectivity index (χ3v) is 7.28. The van der Waals surface area contributed by atoms with Gasteiger partial charge in [-0.2, -0.15) is 0 Å². The van der Waals surface area contributed by atoms with E-state index >= 15 is 0 Å². The molecule has 1 aliphatic carbocycles. The summed E-state index contributed by atoms with van der Waals surface area (Å²) in [5.74, 6) is -2.47. The molecular weight excluding hydrogens is 420 g/mol. The van der Waals surface area contributed by atoms with E-state index in [9.17, 15) is 13.6 Å². The molecule has 0 aromatic heterocycles. The van der Waals surface area contributed by atoms with Gasteiger partial charge in [0, 0.05) is 36.0 Å². The first-order chi connectivity index (χ1) is 14.8. The summed E-state index contributed by atoms with van der Waals surface area (Å²) in [6.45, 7) is 3.90. The van der Waals surface area contributed by atoms with Crippen LogP contribution in [0.2, 0.25) is 0 Å². The van der Waals surface area contributed by atoms with Gasteiger partial charge < -0.3 is 10.1 Å². The minimum absolute atomic E-state index is 0.00938. The van der Waals surface area contributed by atoms with Crippen LogP contribution in [0.4, 0.5) is 13.6 Å². The van der Waals surface area contributed by atoms with Crippen LogP contribution in [0.1, 0.15) is 56.6 Å². The van der Waals surface area contributed by atoms with E-state index in [4.69, 9.17) is 10.1 Å². The van der Waals surface area contributed by atoms with E-state index in [0.29, 0.717) is 11.8 Å². The number of ether oxygens (including phenoxy) is 1. The van der Waals surface area contributed by atoms with E-state index in [0.717, 1.165) is 31.7 Å². The summed E-state index contributed by atoms with van der Waals surface area (Å²) in [4.78, 5) is 11.3. The van der Waals surface area contributed by atoms with Crippen LogP contribution in [-0.2, 0) is 11.3 Å². The highest BCUT2D eigenvalue weighted by molar-refractivity contribution is 7.97. The molecule has 31 heavy (non-hydrogen) atoms. The van der Waals surface area contributed by atoms with Crippen molar-refractivity contribution in [2.45, 2.75) is 63.3 Å². The second-order valence-corrected chi connectivity index (χ2v) is 9.22. The van der Waals surface area contributed by atoms with Gasteiger partial charge in [0.15, 0.2) is 5.90 Å². The van der Waals surface area contributed by atoms with Gasteiger partial charge in [-0.3, -0.25) is 5.41 Å². The number of halogens is 2. The molecular formula is C23H29F2N3O2S. The molecule has 2 aliphatic rings. The Morgan fingerprint density at radius 1 is 1.32 bits per heavy atom.